The number of nitrogens with zero attached hydrogens (tertiary/aromatic N) is 1. The van der Waals surface area contributed by atoms with Gasteiger partial charge in [0.15, 0.2) is 11.5 Å². The molecular formula is C26H26N2O6S. The molecule has 4 rings (SSSR count). The van der Waals surface area contributed by atoms with E-state index in [1.165, 1.54) is 12.1 Å². The van der Waals surface area contributed by atoms with Crippen molar-refractivity contribution in [1.82, 2.24) is 4.98 Å². The van der Waals surface area contributed by atoms with Crippen molar-refractivity contribution in [3.05, 3.63) is 78.4 Å². The number of benzene rings is 3. The van der Waals surface area contributed by atoms with Gasteiger partial charge < -0.3 is 23.9 Å². The summed E-state index contributed by atoms with van der Waals surface area (Å²) in [4.78, 5) is 4.50. The lowest BCUT2D eigenvalue weighted by molar-refractivity contribution is 0.354. The molecule has 0 unspecified atom stereocenters. The van der Waals surface area contributed by atoms with Crippen molar-refractivity contribution >= 4 is 15.7 Å². The van der Waals surface area contributed by atoms with Crippen LogP contribution in [0, 0.1) is 0 Å². The van der Waals surface area contributed by atoms with Gasteiger partial charge in [0.25, 0.3) is 0 Å². The van der Waals surface area contributed by atoms with Crippen LogP contribution in [0.15, 0.2) is 87.1 Å². The average molecular weight is 495 g/mol. The highest BCUT2D eigenvalue weighted by atomic mass is 32.2. The summed E-state index contributed by atoms with van der Waals surface area (Å²) in [6.07, 6.45) is 0.587. The van der Waals surface area contributed by atoms with Gasteiger partial charge in [-0.2, -0.15) is 4.98 Å². The fraction of sp³-hybridized carbons (Fsp3) is 0.192. The van der Waals surface area contributed by atoms with Gasteiger partial charge >= 0.3 is 0 Å². The predicted octanol–water partition coefficient (Wildman–Crippen LogP) is 4.85. The molecule has 8 nitrogen and oxygen atoms in total. The number of hydrogen-bond acceptors (Lipinski definition) is 8. The Bertz CT molecular complexity index is 1380. The molecule has 1 heterocycles. The van der Waals surface area contributed by atoms with E-state index in [0.29, 0.717) is 35.8 Å². The first-order valence-corrected chi connectivity index (χ1v) is 12.3. The van der Waals surface area contributed by atoms with Crippen LogP contribution < -0.4 is 19.5 Å². The molecular weight excluding hydrogens is 468 g/mol. The van der Waals surface area contributed by atoms with Crippen LogP contribution in [0.3, 0.4) is 0 Å². The van der Waals surface area contributed by atoms with Crippen molar-refractivity contribution in [2.45, 2.75) is 16.3 Å². The molecule has 0 radical (unpaired) electrons. The van der Waals surface area contributed by atoms with Gasteiger partial charge in [0.1, 0.15) is 5.75 Å². The predicted molar refractivity (Wildman–Crippen MR) is 132 cm³/mol. The average Bonchev–Trinajstić information content (AvgIpc) is 3.34. The SMILES string of the molecule is COc1ccc(-c2nc(S(=O)(=O)c3ccccc3)c(NCCc3ccc(OC)c(OC)c3)o2)cc1. The molecule has 3 aromatic carbocycles. The number of hydrogen-bond donors (Lipinski definition) is 1. The molecule has 1 aromatic heterocycles. The van der Waals surface area contributed by atoms with Crippen molar-refractivity contribution in [2.75, 3.05) is 33.2 Å². The zero-order chi connectivity index (χ0) is 24.8. The molecule has 0 saturated carbocycles. The summed E-state index contributed by atoms with van der Waals surface area (Å²) in [7, 11) is 0.822. The molecule has 0 bridgehead atoms. The molecule has 4 aromatic rings. The molecule has 0 aliphatic heterocycles. The van der Waals surface area contributed by atoms with E-state index in [1.807, 2.05) is 18.2 Å². The van der Waals surface area contributed by atoms with E-state index in [0.717, 1.165) is 5.56 Å². The van der Waals surface area contributed by atoms with Crippen LogP contribution in [0.1, 0.15) is 5.56 Å². The Morgan fingerprint density at radius 3 is 2.23 bits per heavy atom. The number of ether oxygens (including phenoxy) is 3. The van der Waals surface area contributed by atoms with Crippen molar-refractivity contribution in [2.24, 2.45) is 0 Å². The van der Waals surface area contributed by atoms with Crippen LogP contribution in [-0.4, -0.2) is 41.3 Å². The Morgan fingerprint density at radius 2 is 1.57 bits per heavy atom. The second-order valence-corrected chi connectivity index (χ2v) is 9.43. The molecule has 0 aliphatic carbocycles. The maximum atomic E-state index is 13.4. The minimum Gasteiger partial charge on any atom is -0.497 e. The Labute approximate surface area is 204 Å². The Hall–Kier alpha value is -3.98. The van der Waals surface area contributed by atoms with Crippen LogP contribution in [0.4, 0.5) is 5.88 Å². The van der Waals surface area contributed by atoms with Gasteiger partial charge in [0, 0.05) is 12.1 Å². The maximum Gasteiger partial charge on any atom is 0.233 e. The lowest BCUT2D eigenvalue weighted by Gasteiger charge is -2.10. The van der Waals surface area contributed by atoms with Gasteiger partial charge in [-0.15, -0.1) is 0 Å². The second kappa shape index (κ2) is 10.5. The molecule has 182 valence electrons. The third-order valence-corrected chi connectivity index (χ3v) is 7.07. The number of oxazole rings is 1. The summed E-state index contributed by atoms with van der Waals surface area (Å²) in [5.41, 5.74) is 1.61. The molecule has 0 aliphatic rings. The normalized spacial score (nSPS) is 11.2. The summed E-state index contributed by atoms with van der Waals surface area (Å²) in [5, 5.41) is 2.95. The van der Waals surface area contributed by atoms with Crippen LogP contribution >= 0.6 is 0 Å². The highest BCUT2D eigenvalue weighted by Crippen LogP contribution is 2.33. The van der Waals surface area contributed by atoms with Gasteiger partial charge in [0.2, 0.25) is 26.6 Å². The smallest absolute Gasteiger partial charge is 0.233 e. The molecule has 0 fully saturated rings. The number of nitrogens with one attached hydrogen (secondary N) is 1. The van der Waals surface area contributed by atoms with E-state index in [4.69, 9.17) is 18.6 Å². The standard InChI is InChI=1S/C26H26N2O6S/c1-31-20-12-10-19(11-13-20)24-28-26(35(29,30)21-7-5-4-6-8-21)25(34-24)27-16-15-18-9-14-22(32-2)23(17-18)33-3/h4-14,17,27H,15-16H2,1-3H3. The van der Waals surface area contributed by atoms with Crippen LogP contribution in [0.25, 0.3) is 11.5 Å². The number of aromatic nitrogens is 1. The Kier molecular flexibility index (Phi) is 7.26. The maximum absolute atomic E-state index is 13.4. The van der Waals surface area contributed by atoms with E-state index in [9.17, 15) is 8.42 Å². The fourth-order valence-corrected chi connectivity index (χ4v) is 4.82. The van der Waals surface area contributed by atoms with Crippen molar-refractivity contribution in [3.8, 4) is 28.7 Å². The monoisotopic (exact) mass is 494 g/mol. The molecule has 0 atom stereocenters. The first-order chi connectivity index (χ1) is 17.0. The lowest BCUT2D eigenvalue weighted by Crippen LogP contribution is -2.10. The molecule has 0 spiro atoms. The van der Waals surface area contributed by atoms with E-state index >= 15 is 0 Å². The van der Waals surface area contributed by atoms with Crippen molar-refractivity contribution in [1.29, 1.82) is 0 Å². The van der Waals surface area contributed by atoms with E-state index in [2.05, 4.69) is 10.3 Å². The fourth-order valence-electron chi connectivity index (χ4n) is 3.52. The Morgan fingerprint density at radius 1 is 0.857 bits per heavy atom. The minimum absolute atomic E-state index is 0.0835. The summed E-state index contributed by atoms with van der Waals surface area (Å²) in [6, 6.07) is 20.8. The summed E-state index contributed by atoms with van der Waals surface area (Å²) in [6.45, 7) is 0.407. The van der Waals surface area contributed by atoms with Gasteiger partial charge in [-0.05, 0) is 60.5 Å². The van der Waals surface area contributed by atoms with Gasteiger partial charge in [-0.3, -0.25) is 0 Å². The zero-order valence-electron chi connectivity index (χ0n) is 19.6. The van der Waals surface area contributed by atoms with E-state index in [1.54, 1.807) is 63.8 Å². The molecule has 0 amide bonds. The third-order valence-electron chi connectivity index (χ3n) is 5.39. The highest BCUT2D eigenvalue weighted by molar-refractivity contribution is 7.91. The topological polar surface area (TPSA) is 99.9 Å². The summed E-state index contributed by atoms with van der Waals surface area (Å²) in [5.74, 6) is 2.21. The highest BCUT2D eigenvalue weighted by Gasteiger charge is 2.28. The largest absolute Gasteiger partial charge is 0.497 e. The van der Waals surface area contributed by atoms with Gasteiger partial charge in [-0.25, -0.2) is 8.42 Å². The van der Waals surface area contributed by atoms with Crippen molar-refractivity contribution in [3.63, 3.8) is 0 Å². The Balaban J connectivity index is 1.63. The number of anilines is 1. The minimum atomic E-state index is -3.91. The summed E-state index contributed by atoms with van der Waals surface area (Å²) < 4.78 is 48.5. The molecule has 0 saturated heterocycles. The van der Waals surface area contributed by atoms with E-state index in [-0.39, 0.29) is 21.7 Å². The van der Waals surface area contributed by atoms with Crippen LogP contribution in [0.5, 0.6) is 17.2 Å². The first kappa shape index (κ1) is 24.2. The quantitative estimate of drug-likeness (QED) is 0.334. The number of rotatable bonds is 10. The lowest BCUT2D eigenvalue weighted by atomic mass is 10.1. The first-order valence-electron chi connectivity index (χ1n) is 10.9. The molecule has 35 heavy (non-hydrogen) atoms. The van der Waals surface area contributed by atoms with Crippen molar-refractivity contribution < 1.29 is 27.0 Å². The second-order valence-electron chi connectivity index (χ2n) is 7.56. The third kappa shape index (κ3) is 5.25. The zero-order valence-corrected chi connectivity index (χ0v) is 20.5. The number of sulfone groups is 1. The van der Waals surface area contributed by atoms with Gasteiger partial charge in [0.05, 0.1) is 26.2 Å². The number of methoxy groups -OCH3 is 3. The van der Waals surface area contributed by atoms with Crippen LogP contribution in [-0.2, 0) is 16.3 Å². The molecule has 9 heteroatoms. The molecule has 1 N–H and O–H groups in total. The van der Waals surface area contributed by atoms with Crippen LogP contribution in [0.2, 0.25) is 0 Å². The van der Waals surface area contributed by atoms with E-state index < -0.39 is 9.84 Å². The summed E-state index contributed by atoms with van der Waals surface area (Å²) >= 11 is 0. The van der Waals surface area contributed by atoms with Gasteiger partial charge in [-0.1, -0.05) is 24.3 Å².